The molecule has 0 radical (unpaired) electrons. The molecule has 0 fully saturated rings. The Morgan fingerprint density at radius 1 is 1.06 bits per heavy atom. The molecule has 176 valence electrons. The number of halogens is 1. The lowest BCUT2D eigenvalue weighted by Crippen LogP contribution is -2.40. The van der Waals surface area contributed by atoms with Gasteiger partial charge in [-0.3, -0.25) is 19.1 Å². The fraction of sp³-hybridized carbons (Fsp3) is 0.261. The molecule has 10 nitrogen and oxygen atoms in total. The number of ether oxygens (including phenoxy) is 1. The van der Waals surface area contributed by atoms with E-state index in [0.717, 1.165) is 5.52 Å². The van der Waals surface area contributed by atoms with E-state index in [1.54, 1.807) is 53.7 Å². The molecule has 0 saturated heterocycles. The first-order chi connectivity index (χ1) is 16.4. The van der Waals surface area contributed by atoms with Crippen molar-refractivity contribution >= 4 is 39.7 Å². The van der Waals surface area contributed by atoms with Crippen LogP contribution in [0.15, 0.2) is 42.9 Å². The molecule has 2 N–H and O–H groups in total. The first kappa shape index (κ1) is 22.9. The lowest BCUT2D eigenvalue weighted by atomic mass is 10.0. The van der Waals surface area contributed by atoms with Crippen LogP contribution in [-0.2, 0) is 32.7 Å². The Hall–Kier alpha value is -4.28. The third-order valence-electron chi connectivity index (χ3n) is 5.27. The monoisotopic (exact) mass is 466 g/mol. The number of carbonyl (C=O) groups excluding carboxylic acids is 3. The molecule has 2 aromatic carbocycles. The van der Waals surface area contributed by atoms with Gasteiger partial charge in [0.25, 0.3) is 0 Å². The second-order valence-electron chi connectivity index (χ2n) is 7.56. The average Bonchev–Trinajstić information content (AvgIpc) is 3.39. The van der Waals surface area contributed by atoms with Crippen molar-refractivity contribution in [1.29, 1.82) is 0 Å². The summed E-state index contributed by atoms with van der Waals surface area (Å²) in [4.78, 5) is 39.9. The molecule has 2 heterocycles. The number of rotatable bonds is 8. The second-order valence-corrected chi connectivity index (χ2v) is 7.56. The van der Waals surface area contributed by atoms with Gasteiger partial charge in [-0.25, -0.2) is 9.37 Å². The third kappa shape index (κ3) is 4.72. The summed E-state index contributed by atoms with van der Waals surface area (Å²) in [6.45, 7) is 1.24. The summed E-state index contributed by atoms with van der Waals surface area (Å²) < 4.78 is 22.9. The van der Waals surface area contributed by atoms with E-state index in [2.05, 4.69) is 20.7 Å². The Morgan fingerprint density at radius 3 is 2.65 bits per heavy atom. The van der Waals surface area contributed by atoms with E-state index in [-0.39, 0.29) is 26.2 Å². The minimum Gasteiger partial charge on any atom is -0.465 e. The topological polar surface area (TPSA) is 120 Å². The van der Waals surface area contributed by atoms with E-state index >= 15 is 0 Å². The molecule has 0 aliphatic carbocycles. The summed E-state index contributed by atoms with van der Waals surface area (Å²) in [6, 6.07) is 8.49. The van der Waals surface area contributed by atoms with Gasteiger partial charge in [0.1, 0.15) is 18.9 Å². The lowest BCUT2D eigenvalue weighted by molar-refractivity contribution is -0.143. The number of nitrogens with zero attached hydrogens (tertiary/aromatic N) is 4. The Labute approximate surface area is 193 Å². The fourth-order valence-electron chi connectivity index (χ4n) is 3.64. The minimum atomic E-state index is -0.554. The van der Waals surface area contributed by atoms with Crippen LogP contribution in [0.5, 0.6) is 0 Å². The normalized spacial score (nSPS) is 11.0. The number of imidazole rings is 1. The molecule has 2 aromatic heterocycles. The standard InChI is InChI=1S/C23H23FN6O4/c1-3-34-22(33)11-26-20(31)10-25-21(32)12-30-13-27-23-15(5-4-6-18(23)30)16-8-19-14(7-17(16)24)9-28-29(19)2/h4-9,13H,3,10-12H2,1-2H3,(H,25,32)(H,26,31). The van der Waals surface area contributed by atoms with Crippen LogP contribution in [0.3, 0.4) is 0 Å². The molecule has 0 bridgehead atoms. The van der Waals surface area contributed by atoms with Crippen LogP contribution in [-0.4, -0.2) is 56.8 Å². The second kappa shape index (κ2) is 9.69. The zero-order valence-electron chi connectivity index (χ0n) is 18.7. The zero-order valence-corrected chi connectivity index (χ0v) is 18.7. The average molecular weight is 466 g/mol. The van der Waals surface area contributed by atoms with Crippen molar-refractivity contribution < 1.29 is 23.5 Å². The number of fused-ring (bicyclic) bond motifs is 2. The zero-order chi connectivity index (χ0) is 24.2. The Balaban J connectivity index is 1.48. The van der Waals surface area contributed by atoms with Gasteiger partial charge >= 0.3 is 5.97 Å². The fourth-order valence-corrected chi connectivity index (χ4v) is 3.64. The van der Waals surface area contributed by atoms with E-state index in [1.807, 2.05) is 0 Å². The number of aromatic nitrogens is 4. The summed E-state index contributed by atoms with van der Waals surface area (Å²) in [5.74, 6) is -1.88. The molecule has 4 aromatic rings. The Kier molecular flexibility index (Phi) is 6.53. The number of hydrogen-bond acceptors (Lipinski definition) is 6. The van der Waals surface area contributed by atoms with E-state index in [0.29, 0.717) is 27.5 Å². The molecule has 0 unspecified atom stereocenters. The highest BCUT2D eigenvalue weighted by atomic mass is 19.1. The van der Waals surface area contributed by atoms with Crippen molar-refractivity contribution in [1.82, 2.24) is 30.0 Å². The highest BCUT2D eigenvalue weighted by molar-refractivity contribution is 5.96. The highest BCUT2D eigenvalue weighted by Gasteiger charge is 2.16. The number of para-hydroxylation sites is 1. The Morgan fingerprint density at radius 2 is 1.85 bits per heavy atom. The van der Waals surface area contributed by atoms with Gasteiger partial charge in [-0.05, 0) is 25.1 Å². The van der Waals surface area contributed by atoms with Gasteiger partial charge in [-0.15, -0.1) is 0 Å². The van der Waals surface area contributed by atoms with Gasteiger partial charge in [0.05, 0.1) is 42.2 Å². The molecule has 0 aliphatic heterocycles. The van der Waals surface area contributed by atoms with Crippen LogP contribution in [0.1, 0.15) is 6.92 Å². The van der Waals surface area contributed by atoms with Gasteiger partial charge in [0.2, 0.25) is 11.8 Å². The van der Waals surface area contributed by atoms with Crippen LogP contribution in [0.2, 0.25) is 0 Å². The summed E-state index contributed by atoms with van der Waals surface area (Å²) >= 11 is 0. The molecule has 4 rings (SSSR count). The smallest absolute Gasteiger partial charge is 0.325 e. The van der Waals surface area contributed by atoms with Crippen molar-refractivity contribution in [2.75, 3.05) is 19.7 Å². The summed E-state index contributed by atoms with van der Waals surface area (Å²) in [5, 5.41) is 9.73. The summed E-state index contributed by atoms with van der Waals surface area (Å²) in [7, 11) is 1.79. The number of carbonyl (C=O) groups is 3. The molecule has 11 heteroatoms. The Bertz CT molecular complexity index is 1390. The van der Waals surface area contributed by atoms with Crippen molar-refractivity contribution in [3.8, 4) is 11.1 Å². The predicted octanol–water partition coefficient (Wildman–Crippen LogP) is 1.52. The van der Waals surface area contributed by atoms with Gasteiger partial charge in [-0.2, -0.15) is 5.10 Å². The predicted molar refractivity (Wildman–Crippen MR) is 122 cm³/mol. The number of benzene rings is 2. The maximum Gasteiger partial charge on any atom is 0.325 e. The number of hydrogen-bond donors (Lipinski definition) is 2. The molecular formula is C23H23FN6O4. The van der Waals surface area contributed by atoms with Crippen molar-refractivity contribution in [2.45, 2.75) is 13.5 Å². The van der Waals surface area contributed by atoms with E-state index < -0.39 is 23.6 Å². The molecule has 2 amide bonds. The number of aryl methyl sites for hydroxylation is 1. The highest BCUT2D eigenvalue weighted by Crippen LogP contribution is 2.32. The van der Waals surface area contributed by atoms with Crippen LogP contribution < -0.4 is 10.6 Å². The molecule has 0 aliphatic rings. The molecule has 0 saturated carbocycles. The van der Waals surface area contributed by atoms with E-state index in [9.17, 15) is 18.8 Å². The van der Waals surface area contributed by atoms with Crippen molar-refractivity contribution in [3.63, 3.8) is 0 Å². The van der Waals surface area contributed by atoms with Crippen LogP contribution in [0.4, 0.5) is 4.39 Å². The van der Waals surface area contributed by atoms with Crippen molar-refractivity contribution in [3.05, 3.63) is 48.7 Å². The molecule has 34 heavy (non-hydrogen) atoms. The first-order valence-electron chi connectivity index (χ1n) is 10.6. The quantitative estimate of drug-likeness (QED) is 0.380. The van der Waals surface area contributed by atoms with Gasteiger partial charge < -0.3 is 19.9 Å². The molecule has 0 spiro atoms. The number of nitrogens with one attached hydrogen (secondary N) is 2. The number of esters is 1. The number of amides is 2. The SMILES string of the molecule is CCOC(=O)CNC(=O)CNC(=O)Cn1cnc2c(-c3cc4c(cnn4C)cc3F)cccc21. The minimum absolute atomic E-state index is 0.0889. The van der Waals surface area contributed by atoms with Crippen LogP contribution >= 0.6 is 0 Å². The molecule has 0 atom stereocenters. The van der Waals surface area contributed by atoms with E-state index in [1.165, 1.54) is 12.4 Å². The third-order valence-corrected chi connectivity index (χ3v) is 5.27. The largest absolute Gasteiger partial charge is 0.465 e. The molecular weight excluding hydrogens is 443 g/mol. The van der Waals surface area contributed by atoms with Crippen molar-refractivity contribution in [2.24, 2.45) is 7.05 Å². The van der Waals surface area contributed by atoms with Gasteiger partial charge in [0, 0.05) is 23.6 Å². The van der Waals surface area contributed by atoms with Crippen LogP contribution in [0.25, 0.3) is 33.1 Å². The van der Waals surface area contributed by atoms with E-state index in [4.69, 9.17) is 4.74 Å². The summed E-state index contributed by atoms with van der Waals surface area (Å²) in [6.07, 6.45) is 3.10. The van der Waals surface area contributed by atoms with Gasteiger partial charge in [0.15, 0.2) is 0 Å². The summed E-state index contributed by atoms with van der Waals surface area (Å²) in [5.41, 5.74) is 2.95. The maximum absolute atomic E-state index is 14.9. The maximum atomic E-state index is 14.9. The van der Waals surface area contributed by atoms with Gasteiger partial charge in [-0.1, -0.05) is 12.1 Å². The lowest BCUT2D eigenvalue weighted by Gasteiger charge is -2.09. The van der Waals surface area contributed by atoms with Crippen LogP contribution in [0, 0.1) is 5.82 Å². The first-order valence-corrected chi connectivity index (χ1v) is 10.6.